The van der Waals surface area contributed by atoms with E-state index in [1.807, 2.05) is 7.05 Å². The Balaban J connectivity index is 2.51. The van der Waals surface area contributed by atoms with Crippen molar-refractivity contribution < 1.29 is 5.11 Å². The molecule has 0 fully saturated rings. The lowest BCUT2D eigenvalue weighted by atomic mass is 9.96. The van der Waals surface area contributed by atoms with E-state index in [1.165, 1.54) is 36.8 Å². The molecule has 0 bridgehead atoms. The monoisotopic (exact) mass is 331 g/mol. The number of rotatable bonds is 2. The topological polar surface area (TPSA) is 32.3 Å². The van der Waals surface area contributed by atoms with Gasteiger partial charge in [-0.15, -0.1) is 0 Å². The first-order chi connectivity index (χ1) is 7.74. The maximum atomic E-state index is 10.1. The van der Waals surface area contributed by atoms with Crippen LogP contribution >= 0.6 is 22.6 Å². The molecular formula is C13H18INO. The number of fused-ring (bicyclic) bond motifs is 1. The summed E-state index contributed by atoms with van der Waals surface area (Å²) in [4.78, 5) is 0. The normalized spacial score (nSPS) is 15.6. The number of halogens is 1. The van der Waals surface area contributed by atoms with Crippen LogP contribution in [0.4, 0.5) is 0 Å². The maximum Gasteiger partial charge on any atom is 0.133 e. The van der Waals surface area contributed by atoms with Gasteiger partial charge in [0.1, 0.15) is 5.75 Å². The summed E-state index contributed by atoms with van der Waals surface area (Å²) < 4.78 is 0.989. The highest BCUT2D eigenvalue weighted by atomic mass is 127. The Hall–Kier alpha value is -0.290. The van der Waals surface area contributed by atoms with Crippen LogP contribution in [-0.4, -0.2) is 12.2 Å². The lowest BCUT2D eigenvalue weighted by molar-refractivity contribution is 0.460. The Morgan fingerprint density at radius 2 is 2.06 bits per heavy atom. The predicted octanol–water partition coefficient (Wildman–Crippen LogP) is 2.99. The molecule has 0 aromatic heterocycles. The van der Waals surface area contributed by atoms with E-state index in [0.717, 1.165) is 22.1 Å². The SMILES string of the molecule is CNCc1c(O)c(I)cc2c1CCCCC2. The zero-order valence-corrected chi connectivity index (χ0v) is 11.8. The number of phenolic OH excluding ortho intramolecular Hbond substituents is 1. The third-order valence-electron chi connectivity index (χ3n) is 3.29. The van der Waals surface area contributed by atoms with Gasteiger partial charge in [-0.3, -0.25) is 0 Å². The molecule has 0 amide bonds. The molecule has 0 aliphatic heterocycles. The standard InChI is InChI=1S/C13H18INO/c1-15-8-11-10-6-4-2-3-5-9(10)7-12(14)13(11)16/h7,15-16H,2-6,8H2,1H3. The average Bonchev–Trinajstić information content (AvgIpc) is 2.50. The van der Waals surface area contributed by atoms with Crippen LogP contribution in [-0.2, 0) is 19.4 Å². The smallest absolute Gasteiger partial charge is 0.133 e. The third kappa shape index (κ3) is 2.35. The molecule has 0 saturated carbocycles. The molecule has 3 heteroatoms. The van der Waals surface area contributed by atoms with E-state index in [4.69, 9.17) is 0 Å². The highest BCUT2D eigenvalue weighted by Gasteiger charge is 2.17. The van der Waals surface area contributed by atoms with Crippen molar-refractivity contribution in [2.45, 2.75) is 38.6 Å². The van der Waals surface area contributed by atoms with Crippen LogP contribution in [0.2, 0.25) is 0 Å². The van der Waals surface area contributed by atoms with E-state index in [1.54, 1.807) is 0 Å². The van der Waals surface area contributed by atoms with Crippen molar-refractivity contribution in [1.82, 2.24) is 5.32 Å². The summed E-state index contributed by atoms with van der Waals surface area (Å²) in [6.45, 7) is 0.769. The molecule has 0 atom stereocenters. The van der Waals surface area contributed by atoms with E-state index in [0.29, 0.717) is 5.75 Å². The predicted molar refractivity (Wildman–Crippen MR) is 74.8 cm³/mol. The van der Waals surface area contributed by atoms with E-state index >= 15 is 0 Å². The Labute approximate surface area is 111 Å². The molecule has 2 nitrogen and oxygen atoms in total. The second-order valence-corrected chi connectivity index (χ2v) is 5.58. The van der Waals surface area contributed by atoms with Gasteiger partial charge in [0, 0.05) is 12.1 Å². The first kappa shape index (κ1) is 12.2. The van der Waals surface area contributed by atoms with Crippen LogP contribution in [0.3, 0.4) is 0 Å². The summed E-state index contributed by atoms with van der Waals surface area (Å²) in [7, 11) is 1.93. The molecule has 0 unspecified atom stereocenters. The lowest BCUT2D eigenvalue weighted by Crippen LogP contribution is -2.10. The Morgan fingerprint density at radius 3 is 2.81 bits per heavy atom. The third-order valence-corrected chi connectivity index (χ3v) is 4.11. The average molecular weight is 331 g/mol. The van der Waals surface area contributed by atoms with Crippen molar-refractivity contribution in [3.63, 3.8) is 0 Å². The molecule has 2 N–H and O–H groups in total. The Kier molecular flexibility index (Phi) is 4.08. The van der Waals surface area contributed by atoms with Gasteiger partial charge < -0.3 is 10.4 Å². The van der Waals surface area contributed by atoms with Crippen molar-refractivity contribution >= 4 is 22.6 Å². The molecule has 1 aliphatic rings. The number of aryl methyl sites for hydroxylation is 1. The van der Waals surface area contributed by atoms with Gasteiger partial charge >= 0.3 is 0 Å². The number of phenols is 1. The highest BCUT2D eigenvalue weighted by Crippen LogP contribution is 2.33. The first-order valence-corrected chi connectivity index (χ1v) is 6.98. The number of benzene rings is 1. The molecule has 1 aromatic carbocycles. The minimum atomic E-state index is 0.482. The van der Waals surface area contributed by atoms with E-state index in [9.17, 15) is 5.11 Å². The molecule has 0 heterocycles. The minimum absolute atomic E-state index is 0.482. The van der Waals surface area contributed by atoms with Crippen LogP contribution in [0.1, 0.15) is 36.0 Å². The molecule has 88 valence electrons. The van der Waals surface area contributed by atoms with Gasteiger partial charge in [0.2, 0.25) is 0 Å². The summed E-state index contributed by atoms with van der Waals surface area (Å²) in [6.07, 6.45) is 6.14. The summed E-state index contributed by atoms with van der Waals surface area (Å²) in [5, 5.41) is 13.3. The first-order valence-electron chi connectivity index (χ1n) is 5.90. The molecule has 0 saturated heterocycles. The van der Waals surface area contributed by atoms with Gasteiger partial charge in [0.05, 0.1) is 3.57 Å². The molecule has 1 aliphatic carbocycles. The van der Waals surface area contributed by atoms with Gasteiger partial charge in [0.15, 0.2) is 0 Å². The van der Waals surface area contributed by atoms with Crippen molar-refractivity contribution in [3.05, 3.63) is 26.3 Å². The largest absolute Gasteiger partial charge is 0.506 e. The second-order valence-electron chi connectivity index (χ2n) is 4.41. The molecular weight excluding hydrogens is 313 g/mol. The summed E-state index contributed by atoms with van der Waals surface area (Å²) in [6, 6.07) is 2.16. The molecule has 0 spiro atoms. The fourth-order valence-corrected chi connectivity index (χ4v) is 3.19. The van der Waals surface area contributed by atoms with E-state index < -0.39 is 0 Å². The van der Waals surface area contributed by atoms with Gasteiger partial charge in [-0.2, -0.15) is 0 Å². The summed E-state index contributed by atoms with van der Waals surface area (Å²) >= 11 is 2.23. The quantitative estimate of drug-likeness (QED) is 0.645. The Morgan fingerprint density at radius 1 is 1.31 bits per heavy atom. The van der Waals surface area contributed by atoms with Crippen molar-refractivity contribution in [3.8, 4) is 5.75 Å². The lowest BCUT2D eigenvalue weighted by Gasteiger charge is -2.15. The van der Waals surface area contributed by atoms with Gasteiger partial charge in [-0.25, -0.2) is 0 Å². The second kappa shape index (κ2) is 5.36. The van der Waals surface area contributed by atoms with Gasteiger partial charge in [-0.05, 0) is 72.5 Å². The zero-order chi connectivity index (χ0) is 11.5. The number of aromatic hydroxyl groups is 1. The number of hydrogen-bond donors (Lipinski definition) is 2. The summed E-state index contributed by atoms with van der Waals surface area (Å²) in [5.41, 5.74) is 3.96. The summed E-state index contributed by atoms with van der Waals surface area (Å²) in [5.74, 6) is 0.482. The van der Waals surface area contributed by atoms with E-state index in [-0.39, 0.29) is 0 Å². The zero-order valence-electron chi connectivity index (χ0n) is 9.65. The van der Waals surface area contributed by atoms with Gasteiger partial charge in [0.25, 0.3) is 0 Å². The molecule has 2 rings (SSSR count). The highest BCUT2D eigenvalue weighted by molar-refractivity contribution is 14.1. The maximum absolute atomic E-state index is 10.1. The number of hydrogen-bond acceptors (Lipinski definition) is 2. The fourth-order valence-electron chi connectivity index (χ4n) is 2.49. The van der Waals surface area contributed by atoms with Crippen LogP contribution in [0.5, 0.6) is 5.75 Å². The van der Waals surface area contributed by atoms with E-state index in [2.05, 4.69) is 34.0 Å². The molecule has 0 radical (unpaired) electrons. The number of nitrogens with one attached hydrogen (secondary N) is 1. The van der Waals surface area contributed by atoms with Crippen molar-refractivity contribution in [2.75, 3.05) is 7.05 Å². The molecule has 1 aromatic rings. The van der Waals surface area contributed by atoms with Crippen LogP contribution in [0.25, 0.3) is 0 Å². The van der Waals surface area contributed by atoms with Crippen molar-refractivity contribution in [2.24, 2.45) is 0 Å². The minimum Gasteiger partial charge on any atom is -0.506 e. The Bertz CT molecular complexity index is 390. The van der Waals surface area contributed by atoms with Gasteiger partial charge in [-0.1, -0.05) is 6.42 Å². The van der Waals surface area contributed by atoms with Crippen LogP contribution in [0.15, 0.2) is 6.07 Å². The van der Waals surface area contributed by atoms with Crippen LogP contribution < -0.4 is 5.32 Å². The molecule has 16 heavy (non-hydrogen) atoms. The van der Waals surface area contributed by atoms with Crippen molar-refractivity contribution in [1.29, 1.82) is 0 Å². The van der Waals surface area contributed by atoms with Crippen LogP contribution in [0, 0.1) is 3.57 Å². The fraction of sp³-hybridized carbons (Fsp3) is 0.538.